The van der Waals surface area contributed by atoms with Gasteiger partial charge in [-0.1, -0.05) is 6.92 Å². The number of hydrogen-bond donors (Lipinski definition) is 1. The molecule has 0 saturated carbocycles. The molecule has 78 valence electrons. The summed E-state index contributed by atoms with van der Waals surface area (Å²) >= 11 is 1.53. The number of aromatic carboxylic acids is 1. The van der Waals surface area contributed by atoms with Crippen LogP contribution in [0.25, 0.3) is 10.6 Å². The zero-order valence-corrected chi connectivity index (χ0v) is 8.87. The molecule has 5 heteroatoms. The van der Waals surface area contributed by atoms with Crippen molar-refractivity contribution in [3.8, 4) is 10.6 Å². The van der Waals surface area contributed by atoms with E-state index in [9.17, 15) is 4.79 Å². The lowest BCUT2D eigenvalue weighted by Gasteiger charge is -1.92. The van der Waals surface area contributed by atoms with Crippen LogP contribution in [0.3, 0.4) is 0 Å². The van der Waals surface area contributed by atoms with Gasteiger partial charge in [0.2, 0.25) is 0 Å². The number of carboxylic acids is 1. The van der Waals surface area contributed by atoms with E-state index in [0.717, 1.165) is 17.7 Å². The third kappa shape index (κ3) is 1.78. The molecule has 1 N–H and O–H groups in total. The fourth-order valence-corrected chi connectivity index (χ4v) is 2.20. The van der Waals surface area contributed by atoms with Crippen molar-refractivity contribution in [1.82, 2.24) is 4.98 Å². The number of thiophene rings is 1. The Morgan fingerprint density at radius 2 is 2.40 bits per heavy atom. The van der Waals surface area contributed by atoms with E-state index in [4.69, 9.17) is 9.52 Å². The van der Waals surface area contributed by atoms with Crippen LogP contribution in [0.5, 0.6) is 0 Å². The second kappa shape index (κ2) is 3.86. The van der Waals surface area contributed by atoms with Gasteiger partial charge >= 0.3 is 5.97 Å². The predicted molar refractivity (Wildman–Crippen MR) is 56.2 cm³/mol. The van der Waals surface area contributed by atoms with Crippen molar-refractivity contribution in [2.45, 2.75) is 13.3 Å². The summed E-state index contributed by atoms with van der Waals surface area (Å²) in [6.07, 6.45) is 2.09. The second-order valence-corrected chi connectivity index (χ2v) is 4.12. The van der Waals surface area contributed by atoms with E-state index < -0.39 is 5.97 Å². The Morgan fingerprint density at radius 3 is 3.00 bits per heavy atom. The largest absolute Gasteiger partial charge is 0.476 e. The van der Waals surface area contributed by atoms with E-state index in [2.05, 4.69) is 4.98 Å². The summed E-state index contributed by atoms with van der Waals surface area (Å²) in [6, 6.07) is 3.82. The molecule has 4 nitrogen and oxygen atoms in total. The number of carbonyl (C=O) groups is 1. The molecule has 0 bridgehead atoms. The molecule has 0 aliphatic carbocycles. The van der Waals surface area contributed by atoms with Gasteiger partial charge in [-0.2, -0.15) is 0 Å². The Morgan fingerprint density at radius 1 is 1.60 bits per heavy atom. The first-order valence-corrected chi connectivity index (χ1v) is 5.30. The highest BCUT2D eigenvalue weighted by molar-refractivity contribution is 7.15. The molecular weight excluding hydrogens is 214 g/mol. The van der Waals surface area contributed by atoms with Crippen LogP contribution in [-0.2, 0) is 6.42 Å². The molecule has 0 aliphatic heterocycles. The lowest BCUT2D eigenvalue weighted by atomic mass is 10.3. The molecular formula is C10H9NO3S. The molecule has 0 fully saturated rings. The Labute approximate surface area is 90.2 Å². The van der Waals surface area contributed by atoms with Crippen molar-refractivity contribution < 1.29 is 14.3 Å². The summed E-state index contributed by atoms with van der Waals surface area (Å²) in [5.74, 6) is -0.725. The quantitative estimate of drug-likeness (QED) is 0.868. The Hall–Kier alpha value is -1.62. The summed E-state index contributed by atoms with van der Waals surface area (Å²) in [6.45, 7) is 2.05. The monoisotopic (exact) mass is 223 g/mol. The van der Waals surface area contributed by atoms with Gasteiger partial charge in [0.15, 0.2) is 17.8 Å². The van der Waals surface area contributed by atoms with Crippen LogP contribution in [0.2, 0.25) is 0 Å². The van der Waals surface area contributed by atoms with Gasteiger partial charge in [-0.15, -0.1) is 11.3 Å². The van der Waals surface area contributed by atoms with Crippen LogP contribution in [0, 0.1) is 0 Å². The van der Waals surface area contributed by atoms with Gasteiger partial charge in [0, 0.05) is 4.88 Å². The van der Waals surface area contributed by atoms with Gasteiger partial charge < -0.3 is 9.52 Å². The summed E-state index contributed by atoms with van der Waals surface area (Å²) in [5, 5.41) is 8.86. The van der Waals surface area contributed by atoms with Crippen LogP contribution < -0.4 is 0 Å². The Balaban J connectivity index is 2.44. The van der Waals surface area contributed by atoms with Gasteiger partial charge in [-0.3, -0.25) is 0 Å². The minimum atomic E-state index is -1.06. The zero-order chi connectivity index (χ0) is 10.8. The van der Waals surface area contributed by atoms with Crippen molar-refractivity contribution in [2.24, 2.45) is 0 Å². The van der Waals surface area contributed by atoms with Crippen LogP contribution in [0.4, 0.5) is 0 Å². The van der Waals surface area contributed by atoms with E-state index in [1.54, 1.807) is 0 Å². The molecule has 0 aromatic carbocycles. The normalized spacial score (nSPS) is 10.5. The van der Waals surface area contributed by atoms with Crippen molar-refractivity contribution >= 4 is 17.3 Å². The van der Waals surface area contributed by atoms with E-state index in [0.29, 0.717) is 5.76 Å². The fourth-order valence-electron chi connectivity index (χ4n) is 1.26. The molecule has 0 radical (unpaired) electrons. The van der Waals surface area contributed by atoms with Gasteiger partial charge in [-0.05, 0) is 18.6 Å². The van der Waals surface area contributed by atoms with Crippen LogP contribution >= 0.6 is 11.3 Å². The molecule has 2 aromatic rings. The van der Waals surface area contributed by atoms with Gasteiger partial charge in [0.1, 0.15) is 0 Å². The first kappa shape index (κ1) is 9.92. The SMILES string of the molecule is CCc1ccc(-c2ocnc2C(=O)O)s1. The lowest BCUT2D eigenvalue weighted by molar-refractivity contribution is 0.0691. The maximum Gasteiger partial charge on any atom is 0.358 e. The highest BCUT2D eigenvalue weighted by atomic mass is 32.1. The zero-order valence-electron chi connectivity index (χ0n) is 8.06. The number of hydrogen-bond acceptors (Lipinski definition) is 4. The van der Waals surface area contributed by atoms with Gasteiger partial charge in [0.25, 0.3) is 0 Å². The van der Waals surface area contributed by atoms with Crippen molar-refractivity contribution in [3.63, 3.8) is 0 Å². The molecule has 0 amide bonds. The predicted octanol–water partition coefficient (Wildman–Crippen LogP) is 2.66. The van der Waals surface area contributed by atoms with Gasteiger partial charge in [-0.25, -0.2) is 9.78 Å². The Kier molecular flexibility index (Phi) is 2.55. The van der Waals surface area contributed by atoms with Crippen molar-refractivity contribution in [1.29, 1.82) is 0 Å². The maximum absolute atomic E-state index is 10.8. The van der Waals surface area contributed by atoms with Gasteiger partial charge in [0.05, 0.1) is 4.88 Å². The van der Waals surface area contributed by atoms with Crippen molar-refractivity contribution in [2.75, 3.05) is 0 Å². The Bertz CT molecular complexity index is 486. The number of aromatic nitrogens is 1. The van der Waals surface area contributed by atoms with Crippen LogP contribution in [-0.4, -0.2) is 16.1 Å². The molecule has 0 saturated heterocycles. The molecule has 0 spiro atoms. The number of oxazole rings is 1. The fraction of sp³-hybridized carbons (Fsp3) is 0.200. The standard InChI is InChI=1S/C10H9NO3S/c1-2-6-3-4-7(15-6)9-8(10(12)13)11-5-14-9/h3-5H,2H2,1H3,(H,12,13). The highest BCUT2D eigenvalue weighted by Crippen LogP contribution is 2.30. The molecule has 2 rings (SSSR count). The van der Waals surface area contributed by atoms with Crippen molar-refractivity contribution in [3.05, 3.63) is 29.1 Å². The minimum absolute atomic E-state index is 0.0282. The highest BCUT2D eigenvalue weighted by Gasteiger charge is 2.18. The molecule has 15 heavy (non-hydrogen) atoms. The van der Waals surface area contributed by atoms with E-state index in [1.807, 2.05) is 19.1 Å². The topological polar surface area (TPSA) is 63.3 Å². The van der Waals surface area contributed by atoms with Crippen LogP contribution in [0.1, 0.15) is 22.3 Å². The smallest absolute Gasteiger partial charge is 0.358 e. The molecule has 0 unspecified atom stereocenters. The number of carboxylic acid groups (broad SMARTS) is 1. The minimum Gasteiger partial charge on any atom is -0.476 e. The number of aryl methyl sites for hydroxylation is 1. The number of rotatable bonds is 3. The molecule has 2 heterocycles. The first-order chi connectivity index (χ1) is 7.22. The lowest BCUT2D eigenvalue weighted by Crippen LogP contribution is -1.97. The third-order valence-corrected chi connectivity index (χ3v) is 3.23. The second-order valence-electron chi connectivity index (χ2n) is 2.95. The summed E-state index contributed by atoms with van der Waals surface area (Å²) < 4.78 is 5.09. The first-order valence-electron chi connectivity index (χ1n) is 4.48. The van der Waals surface area contributed by atoms with Crippen LogP contribution in [0.15, 0.2) is 22.9 Å². The van der Waals surface area contributed by atoms with E-state index >= 15 is 0 Å². The third-order valence-electron chi connectivity index (χ3n) is 2.00. The molecule has 0 atom stereocenters. The average Bonchev–Trinajstić information content (AvgIpc) is 2.85. The maximum atomic E-state index is 10.8. The molecule has 0 aliphatic rings. The molecule has 2 aromatic heterocycles. The number of nitrogens with zero attached hydrogens (tertiary/aromatic N) is 1. The summed E-state index contributed by atoms with van der Waals surface area (Å²) in [7, 11) is 0. The van der Waals surface area contributed by atoms with E-state index in [1.165, 1.54) is 16.2 Å². The van der Waals surface area contributed by atoms with E-state index in [-0.39, 0.29) is 5.69 Å². The average molecular weight is 223 g/mol. The summed E-state index contributed by atoms with van der Waals surface area (Å²) in [4.78, 5) is 16.5. The summed E-state index contributed by atoms with van der Waals surface area (Å²) in [5.41, 5.74) is -0.0282.